The van der Waals surface area contributed by atoms with E-state index in [1.165, 1.54) is 93.5 Å². The molecule has 2 nitrogen and oxygen atoms in total. The highest BCUT2D eigenvalue weighted by Crippen LogP contribution is 2.42. The maximum absolute atomic E-state index is 2.46. The Hall–Kier alpha value is -7.16. The normalized spacial score (nSPS) is 11.7. The van der Waals surface area contributed by atoms with Crippen LogP contribution < -0.4 is 0 Å². The van der Waals surface area contributed by atoms with Crippen LogP contribution in [-0.2, 0) is 0 Å². The molecule has 0 aliphatic carbocycles. The second-order valence-electron chi connectivity index (χ2n) is 14.1. The third-order valence-corrected chi connectivity index (χ3v) is 11.1. The van der Waals surface area contributed by atoms with E-state index in [-0.39, 0.29) is 0 Å². The molecule has 0 aliphatic rings. The Morgan fingerprint density at radius 3 is 1.37 bits per heavy atom. The number of benzene rings is 9. The second kappa shape index (κ2) is 12.2. The Balaban J connectivity index is 1.08. The van der Waals surface area contributed by atoms with Crippen LogP contribution in [0.5, 0.6) is 0 Å². The summed E-state index contributed by atoms with van der Waals surface area (Å²) in [5.74, 6) is 0. The summed E-state index contributed by atoms with van der Waals surface area (Å²) in [5, 5.41) is 7.49. The first-order chi connectivity index (χ1) is 26.8. The van der Waals surface area contributed by atoms with E-state index in [1.54, 1.807) is 0 Å². The van der Waals surface area contributed by atoms with Crippen LogP contribution in [0.25, 0.3) is 99.1 Å². The third-order valence-electron chi connectivity index (χ3n) is 11.1. The molecule has 54 heavy (non-hydrogen) atoms. The molecule has 2 heterocycles. The zero-order chi connectivity index (χ0) is 35.6. The van der Waals surface area contributed by atoms with Gasteiger partial charge in [-0.25, -0.2) is 0 Å². The molecule has 0 saturated heterocycles. The lowest BCUT2D eigenvalue weighted by atomic mass is 9.96. The minimum absolute atomic E-state index is 1.16. The fraction of sp³-hybridized carbons (Fsp3) is 0. The summed E-state index contributed by atoms with van der Waals surface area (Å²) in [6.07, 6.45) is 0. The highest BCUT2D eigenvalue weighted by Gasteiger charge is 2.19. The average Bonchev–Trinajstić information content (AvgIpc) is 3.76. The molecule has 0 radical (unpaired) electrons. The van der Waals surface area contributed by atoms with Crippen LogP contribution in [0.4, 0.5) is 0 Å². The van der Waals surface area contributed by atoms with E-state index in [4.69, 9.17) is 0 Å². The molecule has 0 saturated carbocycles. The Bertz CT molecular complexity index is 3180. The van der Waals surface area contributed by atoms with Crippen molar-refractivity contribution in [1.29, 1.82) is 0 Å². The number of hydrogen-bond acceptors (Lipinski definition) is 0. The van der Waals surface area contributed by atoms with Gasteiger partial charge in [-0.05, 0) is 93.2 Å². The van der Waals surface area contributed by atoms with Crippen molar-refractivity contribution in [2.45, 2.75) is 0 Å². The second-order valence-corrected chi connectivity index (χ2v) is 14.1. The zero-order valence-electron chi connectivity index (χ0n) is 29.5. The van der Waals surface area contributed by atoms with Crippen molar-refractivity contribution in [3.05, 3.63) is 206 Å². The topological polar surface area (TPSA) is 9.86 Å². The van der Waals surface area contributed by atoms with E-state index in [2.05, 4.69) is 215 Å². The van der Waals surface area contributed by atoms with Gasteiger partial charge in [-0.15, -0.1) is 0 Å². The summed E-state index contributed by atoms with van der Waals surface area (Å²) in [5.41, 5.74) is 14.5. The lowest BCUT2D eigenvalue weighted by Gasteiger charge is -2.17. The van der Waals surface area contributed by atoms with Crippen LogP contribution in [0.15, 0.2) is 206 Å². The minimum Gasteiger partial charge on any atom is -0.309 e. The summed E-state index contributed by atoms with van der Waals surface area (Å²) in [6.45, 7) is 0. The van der Waals surface area contributed by atoms with Crippen molar-refractivity contribution in [3.63, 3.8) is 0 Å². The van der Waals surface area contributed by atoms with Crippen LogP contribution in [0.1, 0.15) is 0 Å². The average molecular weight is 687 g/mol. The van der Waals surface area contributed by atoms with Gasteiger partial charge < -0.3 is 9.13 Å². The summed E-state index contributed by atoms with van der Waals surface area (Å²) >= 11 is 0. The molecule has 0 unspecified atom stereocenters. The van der Waals surface area contributed by atoms with Crippen LogP contribution in [-0.4, -0.2) is 9.13 Å². The first-order valence-corrected chi connectivity index (χ1v) is 18.6. The van der Waals surface area contributed by atoms with E-state index >= 15 is 0 Å². The monoisotopic (exact) mass is 686 g/mol. The molecule has 9 aromatic carbocycles. The molecule has 0 atom stereocenters. The van der Waals surface area contributed by atoms with Gasteiger partial charge in [0, 0.05) is 32.8 Å². The van der Waals surface area contributed by atoms with Gasteiger partial charge in [0.1, 0.15) is 0 Å². The van der Waals surface area contributed by atoms with Crippen molar-refractivity contribution >= 4 is 54.4 Å². The lowest BCUT2D eigenvalue weighted by molar-refractivity contribution is 1.18. The van der Waals surface area contributed by atoms with Gasteiger partial charge >= 0.3 is 0 Å². The smallest absolute Gasteiger partial charge is 0.0547 e. The zero-order valence-corrected chi connectivity index (χ0v) is 29.5. The van der Waals surface area contributed by atoms with Crippen molar-refractivity contribution in [2.75, 3.05) is 0 Å². The van der Waals surface area contributed by atoms with Gasteiger partial charge in [0.2, 0.25) is 0 Å². The van der Waals surface area contributed by atoms with Gasteiger partial charge in [-0.2, -0.15) is 0 Å². The SMILES string of the molecule is c1ccc(-c2ccc(-n3c4ccccc4c4cc(-c5ccc6c(c5)c5ccccc5n6-c5ccc6ccccc6c5-c5ccccc5)ccc43)cc2)cc1. The Morgan fingerprint density at radius 2 is 0.722 bits per heavy atom. The quantitative estimate of drug-likeness (QED) is 0.171. The summed E-state index contributed by atoms with van der Waals surface area (Å²) in [6, 6.07) is 75.2. The maximum Gasteiger partial charge on any atom is 0.0547 e. The molecule has 11 rings (SSSR count). The molecule has 0 spiro atoms. The molecular weight excluding hydrogens is 653 g/mol. The van der Waals surface area contributed by atoms with Crippen molar-refractivity contribution in [1.82, 2.24) is 9.13 Å². The number of rotatable bonds is 5. The van der Waals surface area contributed by atoms with E-state index in [9.17, 15) is 0 Å². The number of para-hydroxylation sites is 2. The molecule has 11 aromatic rings. The minimum atomic E-state index is 1.16. The molecule has 0 aliphatic heterocycles. The molecule has 0 N–H and O–H groups in total. The predicted molar refractivity (Wildman–Crippen MR) is 229 cm³/mol. The van der Waals surface area contributed by atoms with Crippen molar-refractivity contribution in [3.8, 4) is 44.8 Å². The summed E-state index contributed by atoms with van der Waals surface area (Å²) in [7, 11) is 0. The van der Waals surface area contributed by atoms with Gasteiger partial charge in [0.15, 0.2) is 0 Å². The molecule has 2 heteroatoms. The first-order valence-electron chi connectivity index (χ1n) is 18.6. The Kier molecular flexibility index (Phi) is 6.90. The van der Waals surface area contributed by atoms with Crippen molar-refractivity contribution in [2.24, 2.45) is 0 Å². The largest absolute Gasteiger partial charge is 0.309 e. The number of aromatic nitrogens is 2. The summed E-state index contributed by atoms with van der Waals surface area (Å²) in [4.78, 5) is 0. The Labute approximate surface area is 313 Å². The molecule has 0 amide bonds. The molecule has 252 valence electrons. The van der Waals surface area contributed by atoms with Crippen LogP contribution in [0, 0.1) is 0 Å². The number of nitrogens with zero attached hydrogens (tertiary/aromatic N) is 2. The highest BCUT2D eigenvalue weighted by atomic mass is 15.0. The van der Waals surface area contributed by atoms with Gasteiger partial charge in [0.25, 0.3) is 0 Å². The Morgan fingerprint density at radius 1 is 0.259 bits per heavy atom. The molecule has 0 bridgehead atoms. The summed E-state index contributed by atoms with van der Waals surface area (Å²) < 4.78 is 4.86. The van der Waals surface area contributed by atoms with Crippen LogP contribution in [0.3, 0.4) is 0 Å². The standard InChI is InChI=1S/C52H34N2/c1-3-13-35(14-4-1)36-23-28-41(29-24-36)53-47-21-11-9-19-43(47)45-33-39(26-30-49(45)53)40-27-31-50-46(34-40)44-20-10-12-22-48(44)54(50)51-32-25-37-15-7-8-18-42(37)52(51)38-16-5-2-6-17-38/h1-34H. The van der Waals surface area contributed by atoms with E-state index in [0.29, 0.717) is 0 Å². The lowest BCUT2D eigenvalue weighted by Crippen LogP contribution is -1.98. The molecule has 0 fully saturated rings. The molecular formula is C52H34N2. The molecule has 2 aromatic heterocycles. The van der Waals surface area contributed by atoms with Gasteiger partial charge in [0.05, 0.1) is 27.8 Å². The fourth-order valence-electron chi connectivity index (χ4n) is 8.63. The predicted octanol–water partition coefficient (Wildman–Crippen LogP) is 14.0. The number of fused-ring (bicyclic) bond motifs is 7. The highest BCUT2D eigenvalue weighted by molar-refractivity contribution is 6.14. The van der Waals surface area contributed by atoms with E-state index < -0.39 is 0 Å². The van der Waals surface area contributed by atoms with E-state index in [1.807, 2.05) is 0 Å². The number of hydrogen-bond donors (Lipinski definition) is 0. The van der Waals surface area contributed by atoms with Crippen LogP contribution in [0.2, 0.25) is 0 Å². The fourth-order valence-corrected chi connectivity index (χ4v) is 8.63. The van der Waals surface area contributed by atoms with E-state index in [0.717, 1.165) is 5.69 Å². The third kappa shape index (κ3) is 4.74. The van der Waals surface area contributed by atoms with Crippen molar-refractivity contribution < 1.29 is 0 Å². The van der Waals surface area contributed by atoms with Gasteiger partial charge in [-0.1, -0.05) is 152 Å². The van der Waals surface area contributed by atoms with Gasteiger partial charge in [-0.3, -0.25) is 0 Å². The maximum atomic E-state index is 2.46. The van der Waals surface area contributed by atoms with Crippen LogP contribution >= 0.6 is 0 Å². The first kappa shape index (κ1) is 30.5.